The summed E-state index contributed by atoms with van der Waals surface area (Å²) in [6, 6.07) is -8.21. The molecule has 5 amide bonds. The van der Waals surface area contributed by atoms with Gasteiger partial charge in [0.2, 0.25) is 29.5 Å². The highest BCUT2D eigenvalue weighted by Gasteiger charge is 2.59. The number of aliphatic hydroxyl groups is 11. The van der Waals surface area contributed by atoms with Crippen LogP contribution in [0.3, 0.4) is 0 Å². The Morgan fingerprint density at radius 1 is 0.484 bits per heavy atom. The summed E-state index contributed by atoms with van der Waals surface area (Å²) in [6.07, 6.45) is -14.9. The number of hydrogen-bond donors (Lipinski definition) is 16. The zero-order valence-corrected chi connectivity index (χ0v) is 52.7. The fourth-order valence-electron chi connectivity index (χ4n) is 11.9. The van der Waals surface area contributed by atoms with Crippen LogP contribution in [0.4, 0.5) is 0 Å². The van der Waals surface area contributed by atoms with Crippen molar-refractivity contribution in [1.29, 1.82) is 0 Å². The van der Waals surface area contributed by atoms with Gasteiger partial charge in [-0.3, -0.25) is 28.8 Å². The first kappa shape index (κ1) is 77.5. The monoisotopic (exact) mass is 1310 g/mol. The van der Waals surface area contributed by atoms with E-state index in [9.17, 15) is 84.9 Å². The Hall–Kier alpha value is -4.24. The van der Waals surface area contributed by atoms with Gasteiger partial charge in [0.15, 0.2) is 31.5 Å². The van der Waals surface area contributed by atoms with Gasteiger partial charge in [-0.2, -0.15) is 0 Å². The van der Waals surface area contributed by atoms with E-state index in [2.05, 4.69) is 45.7 Å². The summed E-state index contributed by atoms with van der Waals surface area (Å²) < 4.78 is 59.7. The second kappa shape index (κ2) is 38.3. The molecule has 524 valence electrons. The van der Waals surface area contributed by atoms with Crippen LogP contribution in [0.5, 0.6) is 0 Å². The summed E-state index contributed by atoms with van der Waals surface area (Å²) in [7, 11) is 0. The zero-order chi connectivity index (χ0) is 67.1. The molecule has 0 saturated carbocycles. The number of hydrogen-bond acceptors (Lipinski definition) is 27. The van der Waals surface area contributed by atoms with E-state index in [4.69, 9.17) is 47.4 Å². The number of allylic oxidation sites excluding steroid dienone is 2. The SMILES string of the molecule is CCCCCC/C=C\CCCCCCCCCC(=O)NC1C(O)[C@H](O)C(COC(C)=O)O[C@H]1O[C@@H]1C(CO)O[C@@H](O[C@@H]2C(CO)O[C@@H](O[C@@H]3C(CO)O[C@@H](O[C@]4(CCO)CO[C@@H](O)C(NC(C)=O)C4O)C(NC(C)=O)C3O)C(NC(C)=O)C2O)C(NC(C)=O)C1O. The molecule has 5 saturated heterocycles. The minimum Gasteiger partial charge on any atom is -0.463 e. The first-order valence-corrected chi connectivity index (χ1v) is 31.6. The van der Waals surface area contributed by atoms with Crippen LogP contribution < -0.4 is 26.6 Å². The number of nitrogens with one attached hydrogen (secondary N) is 5. The molecule has 32 nitrogen and oxygen atoms in total. The molecule has 14 unspecified atom stereocenters. The summed E-state index contributed by atoms with van der Waals surface area (Å²) in [4.78, 5) is 75.9. The van der Waals surface area contributed by atoms with Crippen molar-refractivity contribution in [3.8, 4) is 0 Å². The van der Waals surface area contributed by atoms with Crippen molar-refractivity contribution in [3.05, 3.63) is 12.2 Å². The lowest BCUT2D eigenvalue weighted by Crippen LogP contribution is -2.73. The molecule has 32 heteroatoms. The van der Waals surface area contributed by atoms with Crippen molar-refractivity contribution in [3.63, 3.8) is 0 Å². The number of carbonyl (C=O) groups excluding carboxylic acids is 6. The van der Waals surface area contributed by atoms with E-state index in [0.717, 1.165) is 86.0 Å². The van der Waals surface area contributed by atoms with E-state index in [-0.39, 0.29) is 6.42 Å². The van der Waals surface area contributed by atoms with Crippen LogP contribution in [0.15, 0.2) is 12.2 Å². The molecule has 5 fully saturated rings. The van der Waals surface area contributed by atoms with Crippen LogP contribution in [0.25, 0.3) is 0 Å². The quantitative estimate of drug-likeness (QED) is 0.0162. The van der Waals surface area contributed by atoms with Gasteiger partial charge in [0.05, 0.1) is 26.4 Å². The van der Waals surface area contributed by atoms with E-state index in [0.29, 0.717) is 6.42 Å². The Morgan fingerprint density at radius 2 is 0.879 bits per heavy atom. The molecule has 0 aromatic heterocycles. The topological polar surface area (TPSA) is 477 Å². The number of ether oxygens (including phenoxy) is 10. The normalized spacial score (nSPS) is 36.9. The van der Waals surface area contributed by atoms with Crippen molar-refractivity contribution >= 4 is 35.5 Å². The molecule has 0 aromatic carbocycles. The fourth-order valence-corrected chi connectivity index (χ4v) is 11.9. The second-order valence-electron chi connectivity index (χ2n) is 23.9. The van der Waals surface area contributed by atoms with Gasteiger partial charge in [-0.1, -0.05) is 70.4 Å². The highest BCUT2D eigenvalue weighted by Crippen LogP contribution is 2.38. The Bertz CT molecular complexity index is 2280. The van der Waals surface area contributed by atoms with Crippen molar-refractivity contribution in [2.24, 2.45) is 0 Å². The fraction of sp³-hybridized carbons (Fsp3) is 0.864. The first-order valence-electron chi connectivity index (χ1n) is 31.6. The van der Waals surface area contributed by atoms with E-state index in [1.165, 1.54) is 25.7 Å². The maximum atomic E-state index is 13.5. The maximum Gasteiger partial charge on any atom is 0.302 e. The number of unbranched alkanes of at least 4 members (excludes halogenated alkanes) is 11. The predicted molar refractivity (Wildman–Crippen MR) is 312 cm³/mol. The highest BCUT2D eigenvalue weighted by atomic mass is 16.8. The van der Waals surface area contributed by atoms with Crippen LogP contribution in [0.1, 0.15) is 138 Å². The molecule has 5 aliphatic rings. The third-order valence-electron chi connectivity index (χ3n) is 16.6. The van der Waals surface area contributed by atoms with E-state index in [1.54, 1.807) is 0 Å². The first-order chi connectivity index (χ1) is 43.3. The van der Waals surface area contributed by atoms with Gasteiger partial charge in [0, 0.05) is 54.1 Å². The molecule has 0 aromatic rings. The van der Waals surface area contributed by atoms with Gasteiger partial charge in [0.1, 0.15) is 122 Å². The maximum absolute atomic E-state index is 13.5. The summed E-state index contributed by atoms with van der Waals surface area (Å²) in [5.41, 5.74) is -2.02. The van der Waals surface area contributed by atoms with E-state index >= 15 is 0 Å². The lowest BCUT2D eigenvalue weighted by Gasteiger charge is -2.52. The summed E-state index contributed by atoms with van der Waals surface area (Å²) >= 11 is 0. The standard InChI is InChI=1S/C59H101N5O27/c1-7-8-9-10-11-12-13-14-15-16-17-18-19-20-21-22-39(74)64-40-46(76)45(75)38(28-82-34(6)73)87-55(40)88-50-35(25-66)84-56(41(47(50)77)60-30(2)69)89-51-36(26-67)85-57(42(48(51)78)61-31(3)70)90-52-37(27-68)86-58(43(49(52)79)62-32(4)71)91-59(23-24-65)29-83-54(81)44(53(59)80)63-33(5)72/h12-13,35-38,40-58,65-68,75-81H,7-11,14-29H2,1-6H3,(H,60,69)(H,61,70)(H,62,71)(H,63,72)(H,64,74)/b13-12-/t35?,36?,37?,38?,40?,41?,42?,43?,44?,45-,46?,47?,48?,49?,50-,51-,52-,53?,54-,55+,56+,57+,58+,59-/m1/s1. The molecule has 16 N–H and O–H groups in total. The molecule has 0 bridgehead atoms. The molecule has 24 atom stereocenters. The minimum absolute atomic E-state index is 0.00813. The third kappa shape index (κ3) is 22.2. The van der Waals surface area contributed by atoms with Gasteiger partial charge in [-0.05, 0) is 32.1 Å². The molecule has 0 aliphatic carbocycles. The van der Waals surface area contributed by atoms with Crippen LogP contribution in [-0.4, -0.2) is 278 Å². The lowest BCUT2D eigenvalue weighted by atomic mass is 9.85. The molecule has 5 heterocycles. The molecule has 0 spiro atoms. The van der Waals surface area contributed by atoms with Crippen LogP contribution in [-0.2, 0) is 76.1 Å². The van der Waals surface area contributed by atoms with E-state index in [1.807, 2.05) is 0 Å². The second-order valence-corrected chi connectivity index (χ2v) is 23.9. The van der Waals surface area contributed by atoms with Crippen molar-refractivity contribution < 1.29 is 132 Å². The Balaban J connectivity index is 1.32. The van der Waals surface area contributed by atoms with Gasteiger partial charge in [0.25, 0.3) is 0 Å². The largest absolute Gasteiger partial charge is 0.463 e. The number of amides is 5. The molecular weight excluding hydrogens is 1210 g/mol. The number of aliphatic hydroxyl groups excluding tert-OH is 11. The zero-order valence-electron chi connectivity index (χ0n) is 52.7. The third-order valence-corrected chi connectivity index (χ3v) is 16.6. The highest BCUT2D eigenvalue weighted by molar-refractivity contribution is 5.76. The number of rotatable bonds is 35. The van der Waals surface area contributed by atoms with Crippen molar-refractivity contribution in [2.75, 3.05) is 39.6 Å². The Labute approximate surface area is 529 Å². The predicted octanol–water partition coefficient (Wildman–Crippen LogP) is -4.23. The van der Waals surface area contributed by atoms with Gasteiger partial charge in [-0.25, -0.2) is 0 Å². The summed E-state index contributed by atoms with van der Waals surface area (Å²) in [5, 5.41) is 136. The van der Waals surface area contributed by atoms with Crippen LogP contribution in [0.2, 0.25) is 0 Å². The smallest absolute Gasteiger partial charge is 0.302 e. The number of carbonyl (C=O) groups is 6. The molecule has 5 rings (SSSR count). The van der Waals surface area contributed by atoms with Gasteiger partial charge < -0.3 is 130 Å². The molecular formula is C59H101N5O27. The lowest BCUT2D eigenvalue weighted by molar-refractivity contribution is -0.372. The number of esters is 1. The average Bonchev–Trinajstić information content (AvgIpc) is 0.801. The Morgan fingerprint density at radius 3 is 1.31 bits per heavy atom. The average molecular weight is 1310 g/mol. The van der Waals surface area contributed by atoms with E-state index < -0.39 is 228 Å². The molecule has 91 heavy (non-hydrogen) atoms. The molecule has 0 radical (unpaired) electrons. The minimum atomic E-state index is -2.02. The van der Waals surface area contributed by atoms with Gasteiger partial charge >= 0.3 is 5.97 Å². The van der Waals surface area contributed by atoms with Crippen LogP contribution >= 0.6 is 0 Å². The van der Waals surface area contributed by atoms with Crippen molar-refractivity contribution in [1.82, 2.24) is 26.6 Å². The van der Waals surface area contributed by atoms with Crippen LogP contribution in [0, 0.1) is 0 Å². The van der Waals surface area contributed by atoms with Gasteiger partial charge in [-0.15, -0.1) is 0 Å². The molecule has 5 aliphatic heterocycles. The Kier molecular flexibility index (Phi) is 32.6. The summed E-state index contributed by atoms with van der Waals surface area (Å²) in [5.74, 6) is -4.39. The summed E-state index contributed by atoms with van der Waals surface area (Å²) in [6.45, 7) is 2.69. The van der Waals surface area contributed by atoms with Crippen molar-refractivity contribution in [2.45, 2.75) is 284 Å².